The van der Waals surface area contributed by atoms with Crippen LogP contribution in [0.4, 0.5) is 0 Å². The zero-order chi connectivity index (χ0) is 16.7. The van der Waals surface area contributed by atoms with E-state index in [1.54, 1.807) is 0 Å². The molecule has 2 unspecified atom stereocenters. The minimum Gasteiger partial charge on any atom is -0.303 e. The molecule has 1 aliphatic heterocycles. The van der Waals surface area contributed by atoms with Gasteiger partial charge >= 0.3 is 0 Å². The lowest BCUT2D eigenvalue weighted by atomic mass is 9.92. The molecular formula is C22H29N. The Kier molecular flexibility index (Phi) is 4.33. The van der Waals surface area contributed by atoms with Crippen LogP contribution in [0.1, 0.15) is 69.4 Å². The largest absolute Gasteiger partial charge is 0.303 e. The van der Waals surface area contributed by atoms with Crippen LogP contribution in [0.2, 0.25) is 0 Å². The molecular weight excluding hydrogens is 278 g/mol. The molecule has 0 radical (unpaired) electrons. The molecule has 2 aromatic rings. The Bertz CT molecular complexity index is 632. The Morgan fingerprint density at radius 1 is 0.609 bits per heavy atom. The predicted molar refractivity (Wildman–Crippen MR) is 99.2 cm³/mol. The fraction of sp³-hybridized carbons (Fsp3) is 0.455. The lowest BCUT2D eigenvalue weighted by molar-refractivity contribution is 0.566. The number of nitrogens with one attached hydrogen (secondary N) is 1. The molecule has 23 heavy (non-hydrogen) atoms. The summed E-state index contributed by atoms with van der Waals surface area (Å²) in [6.07, 6.45) is 2.45. The Hall–Kier alpha value is -1.60. The molecule has 0 aromatic heterocycles. The van der Waals surface area contributed by atoms with Gasteiger partial charge in [-0.15, -0.1) is 0 Å². The predicted octanol–water partition coefficient (Wildman–Crippen LogP) is 5.70. The third-order valence-corrected chi connectivity index (χ3v) is 5.32. The molecule has 1 heterocycles. The highest BCUT2D eigenvalue weighted by atomic mass is 15.0. The molecule has 1 saturated heterocycles. The third kappa shape index (κ3) is 3.07. The van der Waals surface area contributed by atoms with Crippen LogP contribution in [0, 0.1) is 41.5 Å². The van der Waals surface area contributed by atoms with Crippen molar-refractivity contribution in [2.75, 3.05) is 0 Å². The van der Waals surface area contributed by atoms with Crippen molar-refractivity contribution < 1.29 is 0 Å². The highest BCUT2D eigenvalue weighted by Crippen LogP contribution is 2.39. The molecule has 3 rings (SSSR count). The van der Waals surface area contributed by atoms with Gasteiger partial charge in [0.25, 0.3) is 0 Å². The van der Waals surface area contributed by atoms with Gasteiger partial charge < -0.3 is 5.32 Å². The molecule has 1 nitrogen and oxygen atoms in total. The Morgan fingerprint density at radius 2 is 0.913 bits per heavy atom. The Labute approximate surface area is 141 Å². The second-order valence-corrected chi connectivity index (χ2v) is 7.47. The molecule has 1 aliphatic rings. The first-order valence-corrected chi connectivity index (χ1v) is 8.78. The van der Waals surface area contributed by atoms with E-state index in [9.17, 15) is 0 Å². The average molecular weight is 307 g/mol. The van der Waals surface area contributed by atoms with Gasteiger partial charge in [0.2, 0.25) is 0 Å². The lowest BCUT2D eigenvalue weighted by Crippen LogP contribution is -2.20. The van der Waals surface area contributed by atoms with Crippen LogP contribution in [-0.2, 0) is 0 Å². The first kappa shape index (κ1) is 16.3. The van der Waals surface area contributed by atoms with Gasteiger partial charge in [-0.3, -0.25) is 0 Å². The highest BCUT2D eigenvalue weighted by molar-refractivity contribution is 5.43. The fourth-order valence-electron chi connectivity index (χ4n) is 4.68. The van der Waals surface area contributed by atoms with Crippen molar-refractivity contribution in [1.82, 2.24) is 5.32 Å². The van der Waals surface area contributed by atoms with E-state index in [-0.39, 0.29) is 0 Å². The maximum Gasteiger partial charge on any atom is 0.0331 e. The van der Waals surface area contributed by atoms with Crippen molar-refractivity contribution in [3.8, 4) is 0 Å². The summed E-state index contributed by atoms with van der Waals surface area (Å²) in [5.74, 6) is 0. The van der Waals surface area contributed by atoms with E-state index in [2.05, 4.69) is 71.1 Å². The molecule has 0 aliphatic carbocycles. The molecule has 2 atom stereocenters. The summed E-state index contributed by atoms with van der Waals surface area (Å²) in [6.45, 7) is 13.4. The minimum atomic E-state index is 0.487. The van der Waals surface area contributed by atoms with Gasteiger partial charge in [0.1, 0.15) is 0 Å². The van der Waals surface area contributed by atoms with Crippen molar-refractivity contribution >= 4 is 0 Å². The molecule has 1 fully saturated rings. The van der Waals surface area contributed by atoms with Gasteiger partial charge in [-0.1, -0.05) is 35.4 Å². The van der Waals surface area contributed by atoms with Gasteiger partial charge in [0, 0.05) is 12.1 Å². The minimum absolute atomic E-state index is 0.487. The van der Waals surface area contributed by atoms with Gasteiger partial charge in [0.15, 0.2) is 0 Å². The molecule has 2 aromatic carbocycles. The zero-order valence-electron chi connectivity index (χ0n) is 15.4. The zero-order valence-corrected chi connectivity index (χ0v) is 15.4. The van der Waals surface area contributed by atoms with Crippen molar-refractivity contribution in [2.45, 2.75) is 66.5 Å². The molecule has 1 heteroatoms. The second kappa shape index (κ2) is 6.13. The van der Waals surface area contributed by atoms with Crippen LogP contribution in [0.5, 0.6) is 0 Å². The number of rotatable bonds is 2. The summed E-state index contributed by atoms with van der Waals surface area (Å²) >= 11 is 0. The Balaban J connectivity index is 1.91. The number of benzene rings is 2. The SMILES string of the molecule is Cc1cc(C)c(C2CCC(c3c(C)cc(C)cc3C)N2)c(C)c1. The molecule has 0 spiro atoms. The van der Waals surface area contributed by atoms with Crippen LogP contribution in [-0.4, -0.2) is 0 Å². The molecule has 0 bridgehead atoms. The van der Waals surface area contributed by atoms with E-state index < -0.39 is 0 Å². The van der Waals surface area contributed by atoms with Crippen molar-refractivity contribution in [3.05, 3.63) is 68.8 Å². The van der Waals surface area contributed by atoms with Crippen LogP contribution < -0.4 is 5.32 Å². The van der Waals surface area contributed by atoms with Gasteiger partial charge in [-0.05, 0) is 87.8 Å². The van der Waals surface area contributed by atoms with Gasteiger partial charge in [-0.25, -0.2) is 0 Å². The number of hydrogen-bond acceptors (Lipinski definition) is 1. The van der Waals surface area contributed by atoms with Crippen LogP contribution in [0.3, 0.4) is 0 Å². The van der Waals surface area contributed by atoms with Crippen molar-refractivity contribution in [2.24, 2.45) is 0 Å². The Morgan fingerprint density at radius 3 is 1.22 bits per heavy atom. The second-order valence-electron chi connectivity index (χ2n) is 7.47. The average Bonchev–Trinajstić information content (AvgIpc) is 2.85. The normalized spacial score (nSPS) is 21.0. The van der Waals surface area contributed by atoms with E-state index in [0.29, 0.717) is 12.1 Å². The third-order valence-electron chi connectivity index (χ3n) is 5.32. The smallest absolute Gasteiger partial charge is 0.0331 e. The standard InChI is InChI=1S/C22H29N/c1-13-9-15(3)21(16(4)10-13)19-7-8-20(23-19)22-17(5)11-14(2)12-18(22)6/h9-12,19-20,23H,7-8H2,1-6H3. The lowest BCUT2D eigenvalue weighted by Gasteiger charge is -2.22. The van der Waals surface area contributed by atoms with E-state index in [1.165, 1.54) is 57.3 Å². The van der Waals surface area contributed by atoms with Gasteiger partial charge in [0.05, 0.1) is 0 Å². The maximum absolute atomic E-state index is 3.93. The summed E-state index contributed by atoms with van der Waals surface area (Å²) in [5.41, 5.74) is 11.5. The van der Waals surface area contributed by atoms with Crippen LogP contribution >= 0.6 is 0 Å². The maximum atomic E-state index is 3.93. The summed E-state index contributed by atoms with van der Waals surface area (Å²) in [5, 5.41) is 3.93. The topological polar surface area (TPSA) is 12.0 Å². The van der Waals surface area contributed by atoms with Crippen molar-refractivity contribution in [3.63, 3.8) is 0 Å². The summed E-state index contributed by atoms with van der Waals surface area (Å²) < 4.78 is 0. The van der Waals surface area contributed by atoms with E-state index >= 15 is 0 Å². The monoisotopic (exact) mass is 307 g/mol. The summed E-state index contributed by atoms with van der Waals surface area (Å²) in [4.78, 5) is 0. The van der Waals surface area contributed by atoms with E-state index in [4.69, 9.17) is 0 Å². The summed E-state index contributed by atoms with van der Waals surface area (Å²) in [6, 6.07) is 10.3. The fourth-order valence-corrected chi connectivity index (χ4v) is 4.68. The summed E-state index contributed by atoms with van der Waals surface area (Å²) in [7, 11) is 0. The first-order chi connectivity index (χ1) is 10.9. The molecule has 1 N–H and O–H groups in total. The van der Waals surface area contributed by atoms with E-state index in [1.807, 2.05) is 0 Å². The molecule has 0 amide bonds. The van der Waals surface area contributed by atoms with Crippen LogP contribution in [0.15, 0.2) is 24.3 Å². The van der Waals surface area contributed by atoms with Crippen molar-refractivity contribution in [1.29, 1.82) is 0 Å². The van der Waals surface area contributed by atoms with E-state index in [0.717, 1.165) is 0 Å². The number of hydrogen-bond donors (Lipinski definition) is 1. The molecule has 122 valence electrons. The number of aryl methyl sites for hydroxylation is 6. The molecule has 0 saturated carbocycles. The van der Waals surface area contributed by atoms with Gasteiger partial charge in [-0.2, -0.15) is 0 Å². The highest BCUT2D eigenvalue weighted by Gasteiger charge is 2.29. The van der Waals surface area contributed by atoms with Crippen LogP contribution in [0.25, 0.3) is 0 Å². The first-order valence-electron chi connectivity index (χ1n) is 8.78. The quantitative estimate of drug-likeness (QED) is 0.750.